The minimum absolute atomic E-state index is 0.332. The Morgan fingerprint density at radius 2 is 1.91 bits per heavy atom. The van der Waals surface area contributed by atoms with Crippen LogP contribution in [0.15, 0.2) is 47.1 Å². The molecule has 0 aromatic carbocycles. The third kappa shape index (κ3) is 7.83. The molecule has 0 bridgehead atoms. The molecule has 0 saturated carbocycles. The van der Waals surface area contributed by atoms with E-state index in [0.717, 1.165) is 6.54 Å². The molecule has 1 heteroatoms. The zero-order chi connectivity index (χ0) is 17.1. The second-order valence-corrected chi connectivity index (χ2v) is 7.60. The van der Waals surface area contributed by atoms with Crippen molar-refractivity contribution in [2.45, 2.75) is 79.1 Å². The Bertz CT molecular complexity index is 460. The van der Waals surface area contributed by atoms with Crippen molar-refractivity contribution in [3.05, 3.63) is 47.1 Å². The van der Waals surface area contributed by atoms with Crippen LogP contribution in [0.5, 0.6) is 0 Å². The van der Waals surface area contributed by atoms with Gasteiger partial charge in [-0.2, -0.15) is 0 Å². The van der Waals surface area contributed by atoms with Gasteiger partial charge in [-0.05, 0) is 69.9 Å². The van der Waals surface area contributed by atoms with Gasteiger partial charge in [0.25, 0.3) is 0 Å². The van der Waals surface area contributed by atoms with Crippen molar-refractivity contribution in [2.24, 2.45) is 11.1 Å². The van der Waals surface area contributed by atoms with Crippen molar-refractivity contribution in [2.75, 3.05) is 6.54 Å². The predicted octanol–water partition coefficient (Wildman–Crippen LogP) is 6.48. The van der Waals surface area contributed by atoms with Gasteiger partial charge in [-0.15, -0.1) is 0 Å². The van der Waals surface area contributed by atoms with Gasteiger partial charge in [0, 0.05) is 0 Å². The van der Waals surface area contributed by atoms with Gasteiger partial charge in [0.15, 0.2) is 0 Å². The van der Waals surface area contributed by atoms with Crippen molar-refractivity contribution in [1.29, 1.82) is 0 Å². The molecule has 0 aromatic rings. The maximum absolute atomic E-state index is 5.50. The second-order valence-electron chi connectivity index (χ2n) is 7.60. The zero-order valence-corrected chi connectivity index (χ0v) is 15.8. The molecule has 0 fully saturated rings. The smallest absolute Gasteiger partial charge is 0.00773 e. The van der Waals surface area contributed by atoms with Crippen LogP contribution < -0.4 is 5.73 Å². The molecule has 1 nitrogen and oxygen atoms in total. The first-order valence-corrected chi connectivity index (χ1v) is 9.39. The number of hydrogen-bond donors (Lipinski definition) is 1. The van der Waals surface area contributed by atoms with Gasteiger partial charge in [-0.1, -0.05) is 68.2 Å². The van der Waals surface area contributed by atoms with Crippen LogP contribution in [-0.4, -0.2) is 6.54 Å². The summed E-state index contributed by atoms with van der Waals surface area (Å²) in [4.78, 5) is 0. The predicted molar refractivity (Wildman–Crippen MR) is 105 cm³/mol. The first-order chi connectivity index (χ1) is 11.0. The fraction of sp³-hybridized carbons (Fsp3) is 0.636. The molecule has 0 spiro atoms. The topological polar surface area (TPSA) is 26.0 Å². The van der Waals surface area contributed by atoms with Gasteiger partial charge < -0.3 is 5.73 Å². The first-order valence-electron chi connectivity index (χ1n) is 9.39. The van der Waals surface area contributed by atoms with Crippen LogP contribution in [0.4, 0.5) is 0 Å². The molecule has 0 atom stereocenters. The number of allylic oxidation sites excluding steroid dienone is 8. The summed E-state index contributed by atoms with van der Waals surface area (Å²) in [6, 6.07) is 0. The monoisotopic (exact) mass is 315 g/mol. The minimum atomic E-state index is 0.332. The molecular formula is C22H37N. The maximum Gasteiger partial charge on any atom is -0.00773 e. The van der Waals surface area contributed by atoms with Gasteiger partial charge in [0.05, 0.1) is 0 Å². The van der Waals surface area contributed by atoms with Gasteiger partial charge in [-0.25, -0.2) is 0 Å². The summed E-state index contributed by atoms with van der Waals surface area (Å²) in [5.41, 5.74) is 10.3. The van der Waals surface area contributed by atoms with Crippen LogP contribution in [0.1, 0.15) is 79.1 Å². The van der Waals surface area contributed by atoms with Crippen molar-refractivity contribution in [3.63, 3.8) is 0 Å². The van der Waals surface area contributed by atoms with Gasteiger partial charge in [0.2, 0.25) is 0 Å². The average molecular weight is 316 g/mol. The van der Waals surface area contributed by atoms with E-state index < -0.39 is 0 Å². The van der Waals surface area contributed by atoms with E-state index in [-0.39, 0.29) is 0 Å². The van der Waals surface area contributed by atoms with Crippen LogP contribution >= 0.6 is 0 Å². The minimum Gasteiger partial charge on any atom is -0.330 e. The summed E-state index contributed by atoms with van der Waals surface area (Å²) in [5.74, 6) is 0. The molecule has 23 heavy (non-hydrogen) atoms. The Morgan fingerprint density at radius 3 is 2.61 bits per heavy atom. The van der Waals surface area contributed by atoms with Gasteiger partial charge in [-0.3, -0.25) is 0 Å². The van der Waals surface area contributed by atoms with E-state index in [9.17, 15) is 0 Å². The average Bonchev–Trinajstić information content (AvgIpc) is 2.49. The zero-order valence-electron chi connectivity index (χ0n) is 15.8. The lowest BCUT2D eigenvalue weighted by molar-refractivity contribution is 0.377. The van der Waals surface area contributed by atoms with Crippen molar-refractivity contribution >= 4 is 0 Å². The molecule has 1 aliphatic carbocycles. The summed E-state index contributed by atoms with van der Waals surface area (Å²) >= 11 is 0. The van der Waals surface area contributed by atoms with Crippen molar-refractivity contribution in [1.82, 2.24) is 0 Å². The van der Waals surface area contributed by atoms with Crippen LogP contribution in [0.3, 0.4) is 0 Å². The molecular weight excluding hydrogens is 278 g/mol. The fourth-order valence-electron chi connectivity index (χ4n) is 3.36. The Labute approximate surface area is 144 Å². The highest BCUT2D eigenvalue weighted by molar-refractivity contribution is 5.36. The third-order valence-electron chi connectivity index (χ3n) is 4.88. The maximum atomic E-state index is 5.50. The standard InChI is InChI=1S/C22H37N/c1-19(13-10-8-6-5-7-9-11-18-23)15-16-21-20(2)14-12-17-22(21,3)4/h8,10,13,15-16H,5-7,9,11-12,14,17-18,23H2,1-4H3. The van der Waals surface area contributed by atoms with E-state index in [1.165, 1.54) is 56.9 Å². The van der Waals surface area contributed by atoms with E-state index in [1.807, 2.05) is 0 Å². The molecule has 0 aliphatic heterocycles. The molecule has 0 radical (unpaired) electrons. The molecule has 0 amide bonds. The molecule has 0 aromatic heterocycles. The van der Waals surface area contributed by atoms with E-state index in [0.29, 0.717) is 5.41 Å². The highest BCUT2D eigenvalue weighted by Gasteiger charge is 2.26. The van der Waals surface area contributed by atoms with Gasteiger partial charge in [0.1, 0.15) is 0 Å². The van der Waals surface area contributed by atoms with E-state index in [2.05, 4.69) is 58.1 Å². The van der Waals surface area contributed by atoms with E-state index in [1.54, 1.807) is 11.1 Å². The first kappa shape index (κ1) is 20.0. The summed E-state index contributed by atoms with van der Waals surface area (Å²) in [6.07, 6.45) is 21.4. The Morgan fingerprint density at radius 1 is 1.17 bits per heavy atom. The lowest BCUT2D eigenvalue weighted by atomic mass is 9.72. The highest BCUT2D eigenvalue weighted by atomic mass is 14.5. The fourth-order valence-corrected chi connectivity index (χ4v) is 3.36. The van der Waals surface area contributed by atoms with Crippen molar-refractivity contribution in [3.8, 4) is 0 Å². The Kier molecular flexibility index (Phi) is 9.24. The number of unbranched alkanes of at least 4 members (excludes halogenated alkanes) is 4. The van der Waals surface area contributed by atoms with Crippen LogP contribution in [0, 0.1) is 5.41 Å². The molecule has 0 saturated heterocycles. The van der Waals surface area contributed by atoms with E-state index >= 15 is 0 Å². The number of nitrogens with two attached hydrogens (primary N) is 1. The van der Waals surface area contributed by atoms with Crippen LogP contribution in [-0.2, 0) is 0 Å². The molecule has 130 valence electrons. The summed E-state index contributed by atoms with van der Waals surface area (Å²) < 4.78 is 0. The lowest BCUT2D eigenvalue weighted by Crippen LogP contribution is -2.19. The number of rotatable bonds is 9. The number of hydrogen-bond acceptors (Lipinski definition) is 1. The van der Waals surface area contributed by atoms with Crippen molar-refractivity contribution < 1.29 is 0 Å². The molecule has 1 aliphatic rings. The molecule has 1 rings (SSSR count). The second kappa shape index (κ2) is 10.6. The quantitative estimate of drug-likeness (QED) is 0.382. The normalized spacial score (nSPS) is 19.3. The van der Waals surface area contributed by atoms with Crippen LogP contribution in [0.2, 0.25) is 0 Å². The summed E-state index contributed by atoms with van der Waals surface area (Å²) in [7, 11) is 0. The van der Waals surface area contributed by atoms with E-state index in [4.69, 9.17) is 5.73 Å². The Balaban J connectivity index is 2.44. The molecule has 0 unspecified atom stereocenters. The Hall–Kier alpha value is -1.08. The third-order valence-corrected chi connectivity index (χ3v) is 4.88. The van der Waals surface area contributed by atoms with Gasteiger partial charge >= 0.3 is 0 Å². The largest absolute Gasteiger partial charge is 0.330 e. The van der Waals surface area contributed by atoms with Crippen LogP contribution in [0.25, 0.3) is 0 Å². The highest BCUT2D eigenvalue weighted by Crippen LogP contribution is 2.40. The lowest BCUT2D eigenvalue weighted by Gasteiger charge is -2.32. The molecule has 0 heterocycles. The molecule has 2 N–H and O–H groups in total. The summed E-state index contributed by atoms with van der Waals surface area (Å²) in [6.45, 7) is 10.1. The SMILES string of the molecule is CC(C=CC1=C(C)CCCC1(C)C)=CC=CCCCCCCN. The summed E-state index contributed by atoms with van der Waals surface area (Å²) in [5, 5.41) is 0.